The lowest BCUT2D eigenvalue weighted by atomic mass is 9.52. The Labute approximate surface area is 285 Å². The van der Waals surface area contributed by atoms with Gasteiger partial charge in [-0.05, 0) is 136 Å². The van der Waals surface area contributed by atoms with Crippen LogP contribution in [0.3, 0.4) is 0 Å². The van der Waals surface area contributed by atoms with Gasteiger partial charge in [-0.1, -0.05) is 98.5 Å². The van der Waals surface area contributed by atoms with Crippen LogP contribution in [0.25, 0.3) is 27.1 Å². The Bertz CT molecular complexity index is 2070. The van der Waals surface area contributed by atoms with Crippen molar-refractivity contribution in [2.24, 2.45) is 29.6 Å². The molecule has 2 nitrogen and oxygen atoms in total. The molecule has 3 fully saturated rings. The second kappa shape index (κ2) is 11.7. The van der Waals surface area contributed by atoms with Crippen LogP contribution < -0.4 is 4.90 Å². The maximum absolute atomic E-state index is 7.00. The van der Waals surface area contributed by atoms with E-state index in [0.29, 0.717) is 12.0 Å². The summed E-state index contributed by atoms with van der Waals surface area (Å²) in [7, 11) is 0. The predicted molar refractivity (Wildman–Crippen MR) is 200 cm³/mol. The number of para-hydroxylation sites is 1. The quantitative estimate of drug-likeness (QED) is 0.197. The smallest absolute Gasteiger partial charge is 0.102 e. The average Bonchev–Trinajstić information content (AvgIpc) is 3.15. The van der Waals surface area contributed by atoms with E-state index in [0.717, 1.165) is 36.5 Å². The summed E-state index contributed by atoms with van der Waals surface area (Å²) in [6, 6.07) is 40.3. The summed E-state index contributed by atoms with van der Waals surface area (Å²) in [6.45, 7) is 0. The molecule has 0 radical (unpaired) electrons. The van der Waals surface area contributed by atoms with Crippen LogP contribution >= 0.6 is 0 Å². The normalized spacial score (nSPS) is 27.8. The molecule has 0 N–H and O–H groups in total. The zero-order chi connectivity index (χ0) is 31.6. The van der Waals surface area contributed by atoms with E-state index in [4.69, 9.17) is 4.74 Å². The molecular formula is C46H45NO. The van der Waals surface area contributed by atoms with E-state index in [1.807, 2.05) is 0 Å². The van der Waals surface area contributed by atoms with E-state index in [-0.39, 0.29) is 0 Å². The van der Waals surface area contributed by atoms with Crippen LogP contribution in [0.5, 0.6) is 0 Å². The third-order valence-corrected chi connectivity index (χ3v) is 12.9. The summed E-state index contributed by atoms with van der Waals surface area (Å²) in [5.74, 6) is 5.58. The highest BCUT2D eigenvalue weighted by atomic mass is 16.5. The number of hydrogen-bond acceptors (Lipinski definition) is 2. The Kier molecular flexibility index (Phi) is 6.99. The standard InChI is InChI=1S/C46H45NO/c1-2-12-37(13-3-1)47(38-22-19-30-9-4-5-10-31(30)26-38)39-23-20-33-25-32(17-18-34(33)27-39)35-21-24-44-43(28-35)42-16-8-15-41-40-14-7-6-11-36(40)29-45(48-44)46(41)42/h1-5,9-10,12-13,17-20,22-23,25-28,36,40-42,45-46H,6-8,11,14-16,21,24,29H2. The highest BCUT2D eigenvalue weighted by Crippen LogP contribution is 2.59. The molecule has 0 bridgehead atoms. The fraction of sp³-hybridized carbons (Fsp3) is 0.348. The highest BCUT2D eigenvalue weighted by Gasteiger charge is 2.53. The molecule has 0 spiro atoms. The summed E-state index contributed by atoms with van der Waals surface area (Å²) >= 11 is 0. The SMILES string of the molecule is C1=C(c2ccc3cc(N(c4ccccc4)c4ccc5ccccc5c4)ccc3c2)CCC2=C1C1CCCC3C4CCCCC4CC(O2)C13. The second-order valence-corrected chi connectivity index (χ2v) is 15.4. The molecule has 5 aromatic rings. The van der Waals surface area contributed by atoms with Crippen LogP contribution in [0, 0.1) is 29.6 Å². The van der Waals surface area contributed by atoms with Crippen molar-refractivity contribution in [3.8, 4) is 0 Å². The Balaban J connectivity index is 0.980. The van der Waals surface area contributed by atoms with Crippen LogP contribution in [-0.4, -0.2) is 6.10 Å². The average molecular weight is 628 g/mol. The first kappa shape index (κ1) is 28.7. The highest BCUT2D eigenvalue weighted by molar-refractivity contribution is 5.93. The first-order valence-corrected chi connectivity index (χ1v) is 18.8. The predicted octanol–water partition coefficient (Wildman–Crippen LogP) is 12.5. The van der Waals surface area contributed by atoms with Gasteiger partial charge in [0.25, 0.3) is 0 Å². The van der Waals surface area contributed by atoms with E-state index in [9.17, 15) is 0 Å². The number of ether oxygens (including phenoxy) is 1. The van der Waals surface area contributed by atoms with E-state index in [1.165, 1.54) is 107 Å². The summed E-state index contributed by atoms with van der Waals surface area (Å²) in [6.07, 6.45) is 16.5. The molecule has 0 saturated heterocycles. The molecule has 3 saturated carbocycles. The number of benzene rings is 5. The Morgan fingerprint density at radius 3 is 2.15 bits per heavy atom. The van der Waals surface area contributed by atoms with Crippen molar-refractivity contribution in [1.29, 1.82) is 0 Å². The van der Waals surface area contributed by atoms with Gasteiger partial charge in [-0.15, -0.1) is 0 Å². The monoisotopic (exact) mass is 627 g/mol. The van der Waals surface area contributed by atoms with Crippen molar-refractivity contribution in [2.75, 3.05) is 4.90 Å². The molecule has 5 aliphatic rings. The van der Waals surface area contributed by atoms with Gasteiger partial charge in [-0.3, -0.25) is 0 Å². The maximum atomic E-state index is 7.00. The molecule has 0 aromatic heterocycles. The van der Waals surface area contributed by atoms with Crippen LogP contribution in [-0.2, 0) is 4.74 Å². The minimum absolute atomic E-state index is 0.480. The van der Waals surface area contributed by atoms with Crippen LogP contribution in [0.15, 0.2) is 127 Å². The van der Waals surface area contributed by atoms with Crippen molar-refractivity contribution >= 4 is 44.2 Å². The summed E-state index contributed by atoms with van der Waals surface area (Å²) in [4.78, 5) is 2.38. The fourth-order valence-corrected chi connectivity index (χ4v) is 10.8. The summed E-state index contributed by atoms with van der Waals surface area (Å²) in [5.41, 5.74) is 7.96. The zero-order valence-electron chi connectivity index (χ0n) is 27.9. The van der Waals surface area contributed by atoms with Crippen LogP contribution in [0.4, 0.5) is 17.1 Å². The number of anilines is 3. The van der Waals surface area contributed by atoms with Gasteiger partial charge in [0.05, 0.1) is 0 Å². The third kappa shape index (κ3) is 4.82. The molecule has 6 atom stereocenters. The van der Waals surface area contributed by atoms with E-state index >= 15 is 0 Å². The van der Waals surface area contributed by atoms with E-state index in [1.54, 1.807) is 5.57 Å². The molecule has 6 unspecified atom stereocenters. The number of hydrogen-bond donors (Lipinski definition) is 0. The van der Waals surface area contributed by atoms with Crippen molar-refractivity contribution < 1.29 is 4.74 Å². The van der Waals surface area contributed by atoms with Crippen molar-refractivity contribution in [2.45, 2.75) is 70.3 Å². The molecule has 1 aliphatic heterocycles. The molecular weight excluding hydrogens is 583 g/mol. The molecule has 0 amide bonds. The van der Waals surface area contributed by atoms with Gasteiger partial charge in [0, 0.05) is 29.4 Å². The van der Waals surface area contributed by atoms with Gasteiger partial charge < -0.3 is 9.64 Å². The van der Waals surface area contributed by atoms with Gasteiger partial charge in [-0.2, -0.15) is 0 Å². The van der Waals surface area contributed by atoms with Crippen molar-refractivity contribution in [3.05, 3.63) is 132 Å². The second-order valence-electron chi connectivity index (χ2n) is 15.4. The number of allylic oxidation sites excluding steroid dienone is 4. The lowest BCUT2D eigenvalue weighted by Crippen LogP contribution is -2.52. The van der Waals surface area contributed by atoms with Gasteiger partial charge in [0.2, 0.25) is 0 Å². The third-order valence-electron chi connectivity index (χ3n) is 12.9. The number of rotatable bonds is 4. The topological polar surface area (TPSA) is 12.5 Å². The van der Waals surface area contributed by atoms with Crippen LogP contribution in [0.1, 0.15) is 69.8 Å². The summed E-state index contributed by atoms with van der Waals surface area (Å²) < 4.78 is 7.00. The Hall–Kier alpha value is -4.30. The fourth-order valence-electron chi connectivity index (χ4n) is 10.8. The largest absolute Gasteiger partial charge is 0.494 e. The molecule has 2 heteroatoms. The van der Waals surface area contributed by atoms with Gasteiger partial charge in [-0.25, -0.2) is 0 Å². The molecule has 48 heavy (non-hydrogen) atoms. The zero-order valence-corrected chi connectivity index (χ0v) is 27.9. The first-order chi connectivity index (χ1) is 23.8. The van der Waals surface area contributed by atoms with Gasteiger partial charge in [0.15, 0.2) is 0 Å². The first-order valence-electron chi connectivity index (χ1n) is 18.8. The molecule has 5 aromatic carbocycles. The minimum atomic E-state index is 0.480. The summed E-state index contributed by atoms with van der Waals surface area (Å²) in [5, 5.41) is 5.10. The Morgan fingerprint density at radius 1 is 0.562 bits per heavy atom. The lowest BCUT2D eigenvalue weighted by molar-refractivity contribution is -0.109. The molecule has 1 heterocycles. The van der Waals surface area contributed by atoms with E-state index in [2.05, 4.69) is 120 Å². The van der Waals surface area contributed by atoms with Crippen LogP contribution in [0.2, 0.25) is 0 Å². The van der Waals surface area contributed by atoms with Gasteiger partial charge in [0.1, 0.15) is 11.9 Å². The molecule has 4 aliphatic carbocycles. The Morgan fingerprint density at radius 2 is 1.27 bits per heavy atom. The molecule has 10 rings (SSSR count). The lowest BCUT2D eigenvalue weighted by Gasteiger charge is -2.56. The van der Waals surface area contributed by atoms with E-state index < -0.39 is 0 Å². The molecule has 240 valence electrons. The number of fused-ring (bicyclic) bond motifs is 5. The minimum Gasteiger partial charge on any atom is -0.494 e. The van der Waals surface area contributed by atoms with Gasteiger partial charge >= 0.3 is 0 Å². The number of nitrogens with zero attached hydrogens (tertiary/aromatic N) is 1. The maximum Gasteiger partial charge on any atom is 0.102 e. The van der Waals surface area contributed by atoms with Crippen molar-refractivity contribution in [1.82, 2.24) is 0 Å². The van der Waals surface area contributed by atoms with Crippen molar-refractivity contribution in [3.63, 3.8) is 0 Å².